The van der Waals surface area contributed by atoms with Crippen molar-refractivity contribution in [3.05, 3.63) is 52.3 Å². The molecule has 0 unspecified atom stereocenters. The molecule has 1 fully saturated rings. The van der Waals surface area contributed by atoms with E-state index >= 15 is 0 Å². The van der Waals surface area contributed by atoms with Crippen LogP contribution in [0.15, 0.2) is 41.0 Å². The van der Waals surface area contributed by atoms with E-state index in [1.165, 1.54) is 19.3 Å². The number of anilines is 1. The van der Waals surface area contributed by atoms with Crippen LogP contribution < -0.4 is 5.32 Å². The van der Waals surface area contributed by atoms with Gasteiger partial charge in [0.15, 0.2) is 0 Å². The van der Waals surface area contributed by atoms with Gasteiger partial charge in [0, 0.05) is 16.7 Å². The zero-order chi connectivity index (χ0) is 14.1. The van der Waals surface area contributed by atoms with Crippen molar-refractivity contribution in [3.8, 4) is 0 Å². The Hall–Kier alpha value is -1.55. The summed E-state index contributed by atoms with van der Waals surface area (Å²) < 4.78 is 3.00. The van der Waals surface area contributed by atoms with Crippen molar-refractivity contribution in [2.75, 3.05) is 5.32 Å². The summed E-state index contributed by atoms with van der Waals surface area (Å²) >= 11 is 3.47. The van der Waals surface area contributed by atoms with E-state index in [0.717, 1.165) is 21.4 Å². The maximum absolute atomic E-state index is 12.5. The minimum atomic E-state index is -0.0480. The van der Waals surface area contributed by atoms with Crippen molar-refractivity contribution < 1.29 is 4.79 Å². The van der Waals surface area contributed by atoms with Gasteiger partial charge in [0.05, 0.1) is 5.69 Å². The molecule has 20 heavy (non-hydrogen) atoms. The van der Waals surface area contributed by atoms with Crippen molar-refractivity contribution in [1.29, 1.82) is 0 Å². The van der Waals surface area contributed by atoms with Gasteiger partial charge in [-0.05, 0) is 71.9 Å². The number of aryl methyl sites for hydroxylation is 1. The minimum absolute atomic E-state index is 0.0480. The number of carbonyl (C=O) groups excluding carboxylic acids is 1. The summed E-state index contributed by atoms with van der Waals surface area (Å²) in [6, 6.07) is 10.3. The summed E-state index contributed by atoms with van der Waals surface area (Å²) in [6.45, 7) is 2.01. The van der Waals surface area contributed by atoms with Crippen LogP contribution in [0.25, 0.3) is 0 Å². The quantitative estimate of drug-likeness (QED) is 0.879. The fourth-order valence-electron chi connectivity index (χ4n) is 2.49. The Morgan fingerprint density at radius 1 is 1.35 bits per heavy atom. The maximum Gasteiger partial charge on any atom is 0.272 e. The van der Waals surface area contributed by atoms with E-state index in [-0.39, 0.29) is 5.91 Å². The van der Waals surface area contributed by atoms with Crippen molar-refractivity contribution in [1.82, 2.24) is 4.57 Å². The molecule has 0 radical (unpaired) electrons. The Bertz CT molecular complexity index is 644. The molecule has 0 aliphatic heterocycles. The Morgan fingerprint density at radius 2 is 2.15 bits per heavy atom. The molecule has 1 aromatic carbocycles. The number of nitrogens with one attached hydrogen (secondary N) is 1. The van der Waals surface area contributed by atoms with E-state index in [0.29, 0.717) is 6.04 Å². The lowest BCUT2D eigenvalue weighted by molar-refractivity contribution is 0.101. The van der Waals surface area contributed by atoms with E-state index < -0.39 is 0 Å². The van der Waals surface area contributed by atoms with Gasteiger partial charge in [0.1, 0.15) is 5.69 Å². The molecular weight excluding hydrogens is 316 g/mol. The molecule has 1 heterocycles. The van der Waals surface area contributed by atoms with Gasteiger partial charge in [-0.25, -0.2) is 0 Å². The highest BCUT2D eigenvalue weighted by molar-refractivity contribution is 9.10. The predicted octanol–water partition coefficient (Wildman–Crippen LogP) is 4.54. The normalized spacial score (nSPS) is 14.9. The number of carbonyl (C=O) groups is 1. The molecule has 0 spiro atoms. The van der Waals surface area contributed by atoms with E-state index in [9.17, 15) is 4.79 Å². The summed E-state index contributed by atoms with van der Waals surface area (Å²) in [4.78, 5) is 12.5. The Balaban J connectivity index is 1.82. The second-order valence-corrected chi connectivity index (χ2v) is 6.18. The molecule has 3 nitrogen and oxygen atoms in total. The number of rotatable bonds is 3. The third-order valence-electron chi connectivity index (χ3n) is 3.85. The minimum Gasteiger partial charge on any atom is -0.340 e. The lowest BCUT2D eigenvalue weighted by Crippen LogP contribution is -2.23. The van der Waals surface area contributed by atoms with Crippen LogP contribution in [-0.2, 0) is 0 Å². The summed E-state index contributed by atoms with van der Waals surface area (Å²) in [5.41, 5.74) is 2.68. The Morgan fingerprint density at radius 3 is 2.85 bits per heavy atom. The van der Waals surface area contributed by atoms with E-state index in [1.54, 1.807) is 0 Å². The number of hydrogen-bond acceptors (Lipinski definition) is 1. The molecule has 1 amide bonds. The van der Waals surface area contributed by atoms with Gasteiger partial charge in [-0.3, -0.25) is 4.79 Å². The van der Waals surface area contributed by atoms with E-state index in [2.05, 4.69) is 25.8 Å². The van der Waals surface area contributed by atoms with Crippen LogP contribution in [0.4, 0.5) is 5.69 Å². The van der Waals surface area contributed by atoms with Crippen molar-refractivity contribution in [2.24, 2.45) is 0 Å². The highest BCUT2D eigenvalue weighted by Crippen LogP contribution is 2.33. The molecule has 104 valence electrons. The molecule has 1 aliphatic rings. The second kappa shape index (κ2) is 5.44. The maximum atomic E-state index is 12.5. The molecule has 1 aromatic heterocycles. The highest BCUT2D eigenvalue weighted by atomic mass is 79.9. The zero-order valence-corrected chi connectivity index (χ0v) is 13.0. The van der Waals surface area contributed by atoms with Crippen LogP contribution in [-0.4, -0.2) is 10.5 Å². The van der Waals surface area contributed by atoms with Gasteiger partial charge in [-0.1, -0.05) is 6.07 Å². The zero-order valence-electron chi connectivity index (χ0n) is 11.4. The molecule has 0 saturated heterocycles. The first-order valence-corrected chi connectivity index (χ1v) is 7.69. The summed E-state index contributed by atoms with van der Waals surface area (Å²) in [5.74, 6) is -0.0480. The Labute approximate surface area is 127 Å². The van der Waals surface area contributed by atoms with Gasteiger partial charge >= 0.3 is 0 Å². The van der Waals surface area contributed by atoms with Gasteiger partial charge in [-0.2, -0.15) is 0 Å². The number of amides is 1. The molecule has 0 atom stereocenters. The smallest absolute Gasteiger partial charge is 0.272 e. The molecule has 4 heteroatoms. The fraction of sp³-hybridized carbons (Fsp3) is 0.312. The third kappa shape index (κ3) is 2.52. The summed E-state index contributed by atoms with van der Waals surface area (Å²) in [7, 11) is 0. The lowest BCUT2D eigenvalue weighted by atomic mass is 9.93. The average Bonchev–Trinajstić information content (AvgIpc) is 2.80. The first-order valence-electron chi connectivity index (χ1n) is 6.89. The Kier molecular flexibility index (Phi) is 3.66. The van der Waals surface area contributed by atoms with Crippen molar-refractivity contribution in [3.63, 3.8) is 0 Å². The SMILES string of the molecule is Cc1ccc(Br)c(NC(=O)c2cccn2C2CCC2)c1. The van der Waals surface area contributed by atoms with Crippen LogP contribution >= 0.6 is 15.9 Å². The van der Waals surface area contributed by atoms with Gasteiger partial charge in [0.2, 0.25) is 0 Å². The van der Waals surface area contributed by atoms with Crippen LogP contribution in [0, 0.1) is 6.92 Å². The molecule has 2 aromatic rings. The van der Waals surface area contributed by atoms with Crippen LogP contribution in [0.1, 0.15) is 41.4 Å². The first-order chi connectivity index (χ1) is 9.65. The monoisotopic (exact) mass is 332 g/mol. The van der Waals surface area contributed by atoms with Gasteiger partial charge < -0.3 is 9.88 Å². The molecule has 1 aliphatic carbocycles. The highest BCUT2D eigenvalue weighted by Gasteiger charge is 2.23. The topological polar surface area (TPSA) is 34.0 Å². The molecule has 0 bridgehead atoms. The largest absolute Gasteiger partial charge is 0.340 e. The van der Waals surface area contributed by atoms with Crippen LogP contribution in [0.5, 0.6) is 0 Å². The predicted molar refractivity (Wildman–Crippen MR) is 84.2 cm³/mol. The van der Waals surface area contributed by atoms with E-state index in [1.807, 2.05) is 43.5 Å². The average molecular weight is 333 g/mol. The van der Waals surface area contributed by atoms with Crippen molar-refractivity contribution >= 4 is 27.5 Å². The standard InChI is InChI=1S/C16H17BrN2O/c1-11-7-8-13(17)14(10-11)18-16(20)15-6-3-9-19(15)12-4-2-5-12/h3,6-10,12H,2,4-5H2,1H3,(H,18,20). The number of hydrogen-bond donors (Lipinski definition) is 1. The molecule has 1 N–H and O–H groups in total. The fourth-order valence-corrected chi connectivity index (χ4v) is 2.84. The lowest BCUT2D eigenvalue weighted by Gasteiger charge is -2.28. The van der Waals surface area contributed by atoms with Crippen LogP contribution in [0.3, 0.4) is 0 Å². The molecule has 1 saturated carbocycles. The number of nitrogens with zero attached hydrogens (tertiary/aromatic N) is 1. The van der Waals surface area contributed by atoms with Crippen molar-refractivity contribution in [2.45, 2.75) is 32.2 Å². The number of aromatic nitrogens is 1. The summed E-state index contributed by atoms with van der Waals surface area (Å²) in [5, 5.41) is 2.99. The third-order valence-corrected chi connectivity index (χ3v) is 4.54. The second-order valence-electron chi connectivity index (χ2n) is 5.32. The van der Waals surface area contributed by atoms with Crippen LogP contribution in [0.2, 0.25) is 0 Å². The number of halogens is 1. The molecule has 3 rings (SSSR count). The first kappa shape index (κ1) is 13.4. The van der Waals surface area contributed by atoms with Gasteiger partial charge in [-0.15, -0.1) is 0 Å². The number of benzene rings is 1. The summed E-state index contributed by atoms with van der Waals surface area (Å²) in [6.07, 6.45) is 5.60. The molecular formula is C16H17BrN2O. The van der Waals surface area contributed by atoms with E-state index in [4.69, 9.17) is 0 Å². The van der Waals surface area contributed by atoms with Gasteiger partial charge in [0.25, 0.3) is 5.91 Å².